The third kappa shape index (κ3) is 5.56. The van der Waals surface area contributed by atoms with E-state index in [2.05, 4.69) is 21.7 Å². The van der Waals surface area contributed by atoms with Gasteiger partial charge in [0.1, 0.15) is 6.10 Å². The van der Waals surface area contributed by atoms with Gasteiger partial charge in [-0.1, -0.05) is 55.8 Å². The summed E-state index contributed by atoms with van der Waals surface area (Å²) >= 11 is 0. The molecule has 142 valence electrons. The number of rotatable bonds is 5. The van der Waals surface area contributed by atoms with Crippen molar-refractivity contribution in [1.82, 2.24) is 0 Å². The van der Waals surface area contributed by atoms with Gasteiger partial charge in [-0.15, -0.1) is 0 Å². The Morgan fingerprint density at radius 2 is 1.59 bits per heavy atom. The van der Waals surface area contributed by atoms with Crippen LogP contribution in [0, 0.1) is 5.92 Å². The molecule has 0 N–H and O–H groups in total. The molecule has 1 fully saturated rings. The lowest BCUT2D eigenvalue weighted by molar-refractivity contribution is -0.453. The monoisotopic (exact) mass is 370 g/mol. The van der Waals surface area contributed by atoms with Crippen molar-refractivity contribution in [2.45, 2.75) is 38.7 Å². The molecule has 0 heterocycles. The Bertz CT molecular complexity index is 756. The third-order valence-corrected chi connectivity index (χ3v) is 4.59. The minimum absolute atomic E-state index is 0.189. The zero-order valence-corrected chi connectivity index (χ0v) is 15.1. The zero-order chi connectivity index (χ0) is 19.1. The van der Waals surface area contributed by atoms with E-state index >= 15 is 0 Å². The molecule has 1 aliphatic rings. The Balaban J connectivity index is 1.43. The minimum atomic E-state index is -1.01. The summed E-state index contributed by atoms with van der Waals surface area (Å²) < 4.78 is 5.14. The molecule has 3 rings (SSSR count). The average Bonchev–Trinajstić information content (AvgIpc) is 2.69. The maximum absolute atomic E-state index is 11.9. The van der Waals surface area contributed by atoms with Crippen LogP contribution in [0.4, 0.5) is 4.79 Å². The van der Waals surface area contributed by atoms with Gasteiger partial charge in [0.2, 0.25) is 0 Å². The Morgan fingerprint density at radius 1 is 0.889 bits per heavy atom. The predicted octanol–water partition coefficient (Wildman–Crippen LogP) is 5.09. The lowest BCUT2D eigenvalue weighted by Crippen LogP contribution is -2.25. The van der Waals surface area contributed by atoms with Crippen molar-refractivity contribution in [2.24, 2.45) is 5.92 Å². The maximum Gasteiger partial charge on any atom is 0.543 e. The lowest BCUT2D eigenvalue weighted by Gasteiger charge is -2.25. The first-order valence-electron chi connectivity index (χ1n) is 9.03. The Morgan fingerprint density at radius 3 is 2.30 bits per heavy atom. The van der Waals surface area contributed by atoms with E-state index in [1.807, 2.05) is 30.3 Å². The summed E-state index contributed by atoms with van der Waals surface area (Å²) in [5.74, 6) is -0.261. The number of hydrogen-bond acceptors (Lipinski definition) is 6. The van der Waals surface area contributed by atoms with Crippen LogP contribution in [-0.4, -0.2) is 18.2 Å². The van der Waals surface area contributed by atoms with Crippen molar-refractivity contribution in [3.05, 3.63) is 60.2 Å². The molecular formula is C21H22O6. The van der Waals surface area contributed by atoms with Crippen LogP contribution in [0.15, 0.2) is 54.6 Å². The predicted molar refractivity (Wildman–Crippen MR) is 97.4 cm³/mol. The van der Waals surface area contributed by atoms with E-state index in [-0.39, 0.29) is 11.7 Å². The van der Waals surface area contributed by atoms with Gasteiger partial charge in [0.05, 0.1) is 10.6 Å². The van der Waals surface area contributed by atoms with Crippen LogP contribution in [0.25, 0.3) is 11.1 Å². The molecule has 1 aliphatic carbocycles. The molecular weight excluding hydrogens is 348 g/mol. The molecule has 0 spiro atoms. The van der Waals surface area contributed by atoms with Gasteiger partial charge >= 0.3 is 12.1 Å². The van der Waals surface area contributed by atoms with Crippen molar-refractivity contribution in [3.63, 3.8) is 0 Å². The van der Waals surface area contributed by atoms with Crippen molar-refractivity contribution >= 4 is 12.1 Å². The van der Waals surface area contributed by atoms with E-state index in [0.717, 1.165) is 36.8 Å². The Labute approximate surface area is 157 Å². The first-order chi connectivity index (χ1) is 13.1. The smallest absolute Gasteiger partial charge is 0.429 e. The van der Waals surface area contributed by atoms with Crippen LogP contribution in [0.1, 0.15) is 43.0 Å². The Kier molecular flexibility index (Phi) is 6.44. The standard InChI is InChI=1S/C21H22O6/c1-15-6-5-9-19(14-15)24-21(23)26-27-25-20(22)18-12-10-17(11-13-18)16-7-3-2-4-8-16/h2-4,7-8,10-13,15,19H,5-6,9,14H2,1H3. The van der Waals surface area contributed by atoms with Gasteiger partial charge in [0.25, 0.3) is 0 Å². The van der Waals surface area contributed by atoms with Gasteiger partial charge in [-0.05, 0) is 48.4 Å². The average molecular weight is 370 g/mol. The van der Waals surface area contributed by atoms with Gasteiger partial charge in [-0.25, -0.2) is 14.5 Å². The molecule has 6 nitrogen and oxygen atoms in total. The van der Waals surface area contributed by atoms with Crippen LogP contribution < -0.4 is 0 Å². The quantitative estimate of drug-likeness (QED) is 0.415. The van der Waals surface area contributed by atoms with Crippen LogP contribution in [0.3, 0.4) is 0 Å². The van der Waals surface area contributed by atoms with Crippen LogP contribution in [-0.2, 0) is 19.6 Å². The van der Waals surface area contributed by atoms with Gasteiger partial charge in [-0.2, -0.15) is 0 Å². The molecule has 2 atom stereocenters. The summed E-state index contributed by atoms with van der Waals surface area (Å²) in [7, 11) is 0. The molecule has 27 heavy (non-hydrogen) atoms. The number of benzene rings is 2. The number of carbonyl (C=O) groups excluding carboxylic acids is 2. The van der Waals surface area contributed by atoms with E-state index in [1.165, 1.54) is 0 Å². The lowest BCUT2D eigenvalue weighted by atomic mass is 9.89. The molecule has 0 aliphatic heterocycles. The number of ether oxygens (including phenoxy) is 1. The molecule has 2 unspecified atom stereocenters. The number of hydrogen-bond donors (Lipinski definition) is 0. The summed E-state index contributed by atoms with van der Waals surface area (Å²) in [5.41, 5.74) is 2.28. The SMILES string of the molecule is CC1CCCC(OC(=O)OOOC(=O)c2ccc(-c3ccccc3)cc2)C1. The minimum Gasteiger partial charge on any atom is -0.429 e. The topological polar surface area (TPSA) is 71.1 Å². The normalized spacial score (nSPS) is 19.1. The first-order valence-corrected chi connectivity index (χ1v) is 9.03. The van der Waals surface area contributed by atoms with Gasteiger partial charge in [-0.3, -0.25) is 4.89 Å². The van der Waals surface area contributed by atoms with Gasteiger partial charge in [0.15, 0.2) is 0 Å². The van der Waals surface area contributed by atoms with Crippen molar-refractivity contribution in [1.29, 1.82) is 0 Å². The van der Waals surface area contributed by atoms with Crippen molar-refractivity contribution in [2.75, 3.05) is 0 Å². The van der Waals surface area contributed by atoms with Crippen LogP contribution in [0.5, 0.6) is 0 Å². The molecule has 2 aromatic rings. The molecule has 0 bridgehead atoms. The third-order valence-electron chi connectivity index (χ3n) is 4.59. The van der Waals surface area contributed by atoms with E-state index in [4.69, 9.17) is 4.74 Å². The molecule has 6 heteroatoms. The second-order valence-electron chi connectivity index (χ2n) is 6.73. The summed E-state index contributed by atoms with van der Waals surface area (Å²) in [6.45, 7) is 2.11. The largest absolute Gasteiger partial charge is 0.543 e. The summed E-state index contributed by atoms with van der Waals surface area (Å²) in [6.07, 6.45) is 2.53. The highest BCUT2D eigenvalue weighted by Gasteiger charge is 2.23. The highest BCUT2D eigenvalue weighted by Crippen LogP contribution is 2.26. The molecule has 1 saturated carbocycles. The molecule has 0 radical (unpaired) electrons. The number of carbonyl (C=O) groups is 2. The van der Waals surface area contributed by atoms with E-state index in [9.17, 15) is 9.59 Å². The maximum atomic E-state index is 11.9. The Hall–Kier alpha value is -2.86. The van der Waals surface area contributed by atoms with E-state index < -0.39 is 12.1 Å². The summed E-state index contributed by atoms with van der Waals surface area (Å²) in [6, 6.07) is 16.6. The zero-order valence-electron chi connectivity index (χ0n) is 15.1. The van der Waals surface area contributed by atoms with Gasteiger partial charge in [0, 0.05) is 0 Å². The highest BCUT2D eigenvalue weighted by atomic mass is 17.5. The van der Waals surface area contributed by atoms with E-state index in [0.29, 0.717) is 5.92 Å². The fourth-order valence-electron chi connectivity index (χ4n) is 3.19. The highest BCUT2D eigenvalue weighted by molar-refractivity contribution is 5.89. The van der Waals surface area contributed by atoms with Crippen LogP contribution in [0.2, 0.25) is 0 Å². The molecule has 2 aromatic carbocycles. The summed E-state index contributed by atoms with van der Waals surface area (Å²) in [4.78, 5) is 32.4. The fourth-order valence-corrected chi connectivity index (χ4v) is 3.19. The molecule has 0 aromatic heterocycles. The second-order valence-corrected chi connectivity index (χ2v) is 6.73. The molecule has 0 amide bonds. The van der Waals surface area contributed by atoms with Crippen molar-refractivity contribution in [3.8, 4) is 11.1 Å². The summed E-state index contributed by atoms with van der Waals surface area (Å²) in [5, 5.41) is 4.27. The fraction of sp³-hybridized carbons (Fsp3) is 0.333. The molecule has 0 saturated heterocycles. The van der Waals surface area contributed by atoms with Crippen molar-refractivity contribution < 1.29 is 29.1 Å². The second kappa shape index (κ2) is 9.19. The van der Waals surface area contributed by atoms with Gasteiger partial charge < -0.3 is 4.74 Å². The van der Waals surface area contributed by atoms with E-state index in [1.54, 1.807) is 24.3 Å². The van der Waals surface area contributed by atoms with Crippen LogP contribution >= 0.6 is 0 Å². The first kappa shape index (κ1) is 18.9.